The third-order valence-electron chi connectivity index (χ3n) is 2.36. The average Bonchev–Trinajstić information content (AvgIpc) is 2.28. The maximum atomic E-state index is 11.6. The number of rotatable bonds is 4. The molecule has 0 spiro atoms. The zero-order valence-corrected chi connectivity index (χ0v) is 10.6. The van der Waals surface area contributed by atoms with Crippen LogP contribution in [-0.2, 0) is 4.79 Å². The van der Waals surface area contributed by atoms with Crippen LogP contribution in [0.3, 0.4) is 0 Å². The number of carbonyl (C=O) groups is 2. The van der Waals surface area contributed by atoms with Crippen molar-refractivity contribution in [1.29, 1.82) is 0 Å². The summed E-state index contributed by atoms with van der Waals surface area (Å²) in [6, 6.07) is 6.91. The molecular weight excluding hydrogens is 218 g/mol. The first-order valence-electron chi connectivity index (χ1n) is 5.41. The number of amides is 1. The van der Waals surface area contributed by atoms with Crippen LogP contribution in [0.15, 0.2) is 24.3 Å². The van der Waals surface area contributed by atoms with Crippen LogP contribution in [0.4, 0.5) is 0 Å². The summed E-state index contributed by atoms with van der Waals surface area (Å²) in [6.07, 6.45) is -0.606. The molecule has 0 heterocycles. The second-order valence-corrected chi connectivity index (χ2v) is 4.05. The van der Waals surface area contributed by atoms with E-state index in [1.54, 1.807) is 45.3 Å². The van der Waals surface area contributed by atoms with Crippen molar-refractivity contribution < 1.29 is 14.3 Å². The maximum absolute atomic E-state index is 11.6. The van der Waals surface area contributed by atoms with E-state index < -0.39 is 6.10 Å². The summed E-state index contributed by atoms with van der Waals surface area (Å²) in [5, 5.41) is 0. The van der Waals surface area contributed by atoms with Gasteiger partial charge >= 0.3 is 0 Å². The summed E-state index contributed by atoms with van der Waals surface area (Å²) in [7, 11) is 3.33. The summed E-state index contributed by atoms with van der Waals surface area (Å²) >= 11 is 0. The van der Waals surface area contributed by atoms with Gasteiger partial charge in [0, 0.05) is 14.1 Å². The SMILES string of the molecule is CC(=O)c1ccccc1OC(C)C(=O)N(C)C. The minimum Gasteiger partial charge on any atom is -0.480 e. The van der Waals surface area contributed by atoms with Gasteiger partial charge in [0.1, 0.15) is 5.75 Å². The summed E-state index contributed by atoms with van der Waals surface area (Å²) in [5.41, 5.74) is 0.492. The lowest BCUT2D eigenvalue weighted by molar-refractivity contribution is -0.135. The quantitative estimate of drug-likeness (QED) is 0.747. The highest BCUT2D eigenvalue weighted by atomic mass is 16.5. The molecule has 1 aromatic rings. The van der Waals surface area contributed by atoms with Crippen LogP contribution >= 0.6 is 0 Å². The summed E-state index contributed by atoms with van der Waals surface area (Å²) < 4.78 is 5.52. The molecule has 92 valence electrons. The molecule has 1 rings (SSSR count). The van der Waals surface area contributed by atoms with E-state index in [1.807, 2.05) is 0 Å². The molecule has 0 aliphatic carbocycles. The predicted octanol–water partition coefficient (Wildman–Crippen LogP) is 1.74. The van der Waals surface area contributed by atoms with Gasteiger partial charge < -0.3 is 9.64 Å². The van der Waals surface area contributed by atoms with E-state index in [0.717, 1.165) is 0 Å². The van der Waals surface area contributed by atoms with Gasteiger partial charge in [0.05, 0.1) is 5.56 Å². The number of ketones is 1. The van der Waals surface area contributed by atoms with Gasteiger partial charge in [0.25, 0.3) is 5.91 Å². The van der Waals surface area contributed by atoms with E-state index in [-0.39, 0.29) is 11.7 Å². The number of nitrogens with zero attached hydrogens (tertiary/aromatic N) is 1. The fraction of sp³-hybridized carbons (Fsp3) is 0.385. The van der Waals surface area contributed by atoms with Gasteiger partial charge in [-0.3, -0.25) is 9.59 Å². The van der Waals surface area contributed by atoms with Gasteiger partial charge in [-0.25, -0.2) is 0 Å². The van der Waals surface area contributed by atoms with Crippen LogP contribution in [0.2, 0.25) is 0 Å². The normalized spacial score (nSPS) is 11.8. The van der Waals surface area contributed by atoms with Gasteiger partial charge in [-0.1, -0.05) is 12.1 Å². The Balaban J connectivity index is 2.88. The van der Waals surface area contributed by atoms with E-state index in [9.17, 15) is 9.59 Å². The van der Waals surface area contributed by atoms with E-state index in [0.29, 0.717) is 11.3 Å². The van der Waals surface area contributed by atoms with Gasteiger partial charge in [0.15, 0.2) is 11.9 Å². The van der Waals surface area contributed by atoms with Crippen LogP contribution in [0.25, 0.3) is 0 Å². The molecule has 1 aromatic carbocycles. The Morgan fingerprint density at radius 3 is 2.35 bits per heavy atom. The molecule has 0 aliphatic heterocycles. The maximum Gasteiger partial charge on any atom is 0.262 e. The molecular formula is C13H17NO3. The molecule has 0 saturated carbocycles. The first-order valence-corrected chi connectivity index (χ1v) is 5.41. The average molecular weight is 235 g/mol. The first kappa shape index (κ1) is 13.2. The van der Waals surface area contributed by atoms with Gasteiger partial charge in [-0.15, -0.1) is 0 Å². The number of Topliss-reactive ketones (excluding diaryl/α,β-unsaturated/α-hetero) is 1. The van der Waals surface area contributed by atoms with Crippen molar-refractivity contribution >= 4 is 11.7 Å². The summed E-state index contributed by atoms with van der Waals surface area (Å²) in [6.45, 7) is 3.14. The van der Waals surface area contributed by atoms with E-state index in [2.05, 4.69) is 0 Å². The predicted molar refractivity (Wildman–Crippen MR) is 65.2 cm³/mol. The Labute approximate surface area is 101 Å². The molecule has 0 fully saturated rings. The molecule has 4 heteroatoms. The molecule has 1 amide bonds. The van der Waals surface area contributed by atoms with Crippen LogP contribution in [0, 0.1) is 0 Å². The number of likely N-dealkylation sites (N-methyl/N-ethyl adjacent to an activating group) is 1. The number of para-hydroxylation sites is 1. The first-order chi connectivity index (χ1) is 7.93. The molecule has 0 bridgehead atoms. The van der Waals surface area contributed by atoms with Crippen molar-refractivity contribution in [2.45, 2.75) is 20.0 Å². The molecule has 4 nitrogen and oxygen atoms in total. The van der Waals surface area contributed by atoms with E-state index in [1.165, 1.54) is 11.8 Å². The summed E-state index contributed by atoms with van der Waals surface area (Å²) in [4.78, 5) is 24.5. The third kappa shape index (κ3) is 3.31. The van der Waals surface area contributed by atoms with Crippen LogP contribution < -0.4 is 4.74 Å². The minimum absolute atomic E-state index is 0.0786. The lowest BCUT2D eigenvalue weighted by atomic mass is 10.1. The Hall–Kier alpha value is -1.84. The molecule has 0 N–H and O–H groups in total. The van der Waals surface area contributed by atoms with Crippen molar-refractivity contribution in [2.24, 2.45) is 0 Å². The number of hydrogen-bond donors (Lipinski definition) is 0. The molecule has 0 aromatic heterocycles. The number of ether oxygens (including phenoxy) is 1. The lowest BCUT2D eigenvalue weighted by Gasteiger charge is -2.19. The van der Waals surface area contributed by atoms with E-state index >= 15 is 0 Å². The van der Waals surface area contributed by atoms with Crippen molar-refractivity contribution in [3.05, 3.63) is 29.8 Å². The number of carbonyl (C=O) groups excluding carboxylic acids is 2. The molecule has 1 unspecified atom stereocenters. The fourth-order valence-electron chi connectivity index (χ4n) is 1.46. The topological polar surface area (TPSA) is 46.6 Å². The largest absolute Gasteiger partial charge is 0.480 e. The highest BCUT2D eigenvalue weighted by molar-refractivity contribution is 5.96. The van der Waals surface area contributed by atoms with Gasteiger partial charge in [-0.05, 0) is 26.0 Å². The second-order valence-electron chi connectivity index (χ2n) is 4.05. The second kappa shape index (κ2) is 5.48. The van der Waals surface area contributed by atoms with Crippen molar-refractivity contribution in [2.75, 3.05) is 14.1 Å². The molecule has 0 saturated heterocycles. The highest BCUT2D eigenvalue weighted by Crippen LogP contribution is 2.20. The fourth-order valence-corrected chi connectivity index (χ4v) is 1.46. The van der Waals surface area contributed by atoms with Crippen molar-refractivity contribution in [3.63, 3.8) is 0 Å². The molecule has 0 radical (unpaired) electrons. The highest BCUT2D eigenvalue weighted by Gasteiger charge is 2.18. The lowest BCUT2D eigenvalue weighted by Crippen LogP contribution is -2.35. The van der Waals surface area contributed by atoms with Crippen LogP contribution in [-0.4, -0.2) is 36.8 Å². The Kier molecular flexibility index (Phi) is 4.26. The molecule has 17 heavy (non-hydrogen) atoms. The Bertz CT molecular complexity index is 426. The van der Waals surface area contributed by atoms with Gasteiger partial charge in [-0.2, -0.15) is 0 Å². The summed E-state index contributed by atoms with van der Waals surface area (Å²) in [5.74, 6) is 0.233. The standard InChI is InChI=1S/C13H17NO3/c1-9(15)11-7-5-6-8-12(11)17-10(2)13(16)14(3)4/h5-8,10H,1-4H3. The smallest absolute Gasteiger partial charge is 0.262 e. The zero-order valence-electron chi connectivity index (χ0n) is 10.6. The molecule has 0 aliphatic rings. The van der Waals surface area contributed by atoms with Gasteiger partial charge in [0.2, 0.25) is 0 Å². The van der Waals surface area contributed by atoms with E-state index in [4.69, 9.17) is 4.74 Å². The number of benzene rings is 1. The Morgan fingerprint density at radius 2 is 1.82 bits per heavy atom. The van der Waals surface area contributed by atoms with Crippen LogP contribution in [0.5, 0.6) is 5.75 Å². The van der Waals surface area contributed by atoms with Crippen molar-refractivity contribution in [1.82, 2.24) is 4.90 Å². The third-order valence-corrected chi connectivity index (χ3v) is 2.36. The number of hydrogen-bond acceptors (Lipinski definition) is 3. The Morgan fingerprint density at radius 1 is 1.24 bits per heavy atom. The van der Waals surface area contributed by atoms with Crippen LogP contribution in [0.1, 0.15) is 24.2 Å². The zero-order chi connectivity index (χ0) is 13.0. The van der Waals surface area contributed by atoms with Crippen molar-refractivity contribution in [3.8, 4) is 5.75 Å². The molecule has 1 atom stereocenters. The minimum atomic E-state index is -0.606. The monoisotopic (exact) mass is 235 g/mol.